The lowest BCUT2D eigenvalue weighted by molar-refractivity contribution is -0.331. The fourth-order valence-corrected chi connectivity index (χ4v) is 2.28. The van der Waals surface area contributed by atoms with Crippen molar-refractivity contribution in [1.29, 1.82) is 0 Å². The van der Waals surface area contributed by atoms with Gasteiger partial charge in [-0.05, 0) is 6.42 Å². The Labute approximate surface area is 77.1 Å². The van der Waals surface area contributed by atoms with E-state index in [1.165, 1.54) is 0 Å². The minimum atomic E-state index is -0.495. The standard InChI is InChI=1S/C9H14O4/c1-11-9(12-2)5-7-6(9)3-4-8(10)13-7/h6-7H,3-5H2,1-2H3/t6-,7-/m1/s1. The topological polar surface area (TPSA) is 44.8 Å². The Kier molecular flexibility index (Phi) is 2.04. The van der Waals surface area contributed by atoms with Crippen molar-refractivity contribution in [2.75, 3.05) is 14.2 Å². The summed E-state index contributed by atoms with van der Waals surface area (Å²) in [4.78, 5) is 10.9. The SMILES string of the molecule is COC1(OC)C[C@H]2OC(=O)CC[C@H]21. The molecule has 2 atom stereocenters. The number of carbonyl (C=O) groups excluding carboxylic acids is 1. The van der Waals surface area contributed by atoms with E-state index in [-0.39, 0.29) is 18.0 Å². The van der Waals surface area contributed by atoms with Gasteiger partial charge in [-0.15, -0.1) is 0 Å². The number of hydrogen-bond donors (Lipinski definition) is 0. The fraction of sp³-hybridized carbons (Fsp3) is 0.889. The Balaban J connectivity index is 2.04. The first-order valence-electron chi connectivity index (χ1n) is 4.51. The highest BCUT2D eigenvalue weighted by molar-refractivity contribution is 5.70. The van der Waals surface area contributed by atoms with Crippen molar-refractivity contribution in [3.63, 3.8) is 0 Å². The number of rotatable bonds is 2. The second kappa shape index (κ2) is 2.96. The summed E-state index contributed by atoms with van der Waals surface area (Å²) in [6, 6.07) is 0. The van der Waals surface area contributed by atoms with Gasteiger partial charge < -0.3 is 14.2 Å². The van der Waals surface area contributed by atoms with Crippen molar-refractivity contribution in [3.8, 4) is 0 Å². The molecule has 1 saturated heterocycles. The van der Waals surface area contributed by atoms with Crippen molar-refractivity contribution in [2.24, 2.45) is 5.92 Å². The normalized spacial score (nSPS) is 36.0. The first-order chi connectivity index (χ1) is 6.22. The predicted molar refractivity (Wildman–Crippen MR) is 44.0 cm³/mol. The van der Waals surface area contributed by atoms with Gasteiger partial charge in [0.1, 0.15) is 6.10 Å². The molecule has 13 heavy (non-hydrogen) atoms. The molecule has 0 aromatic rings. The van der Waals surface area contributed by atoms with Gasteiger partial charge in [-0.3, -0.25) is 4.79 Å². The predicted octanol–water partition coefficient (Wildman–Crippen LogP) is 0.701. The van der Waals surface area contributed by atoms with Gasteiger partial charge in [0.25, 0.3) is 0 Å². The van der Waals surface area contributed by atoms with Crippen LogP contribution in [-0.4, -0.2) is 32.1 Å². The van der Waals surface area contributed by atoms with Gasteiger partial charge in [0.15, 0.2) is 5.79 Å². The molecule has 2 rings (SSSR count). The minimum absolute atomic E-state index is 0.0150. The molecule has 0 bridgehead atoms. The molecule has 0 aromatic carbocycles. The van der Waals surface area contributed by atoms with E-state index in [2.05, 4.69) is 0 Å². The van der Waals surface area contributed by atoms with Gasteiger partial charge in [0, 0.05) is 27.1 Å². The van der Waals surface area contributed by atoms with Gasteiger partial charge >= 0.3 is 5.97 Å². The van der Waals surface area contributed by atoms with Crippen LogP contribution in [0.3, 0.4) is 0 Å². The van der Waals surface area contributed by atoms with Crippen LogP contribution >= 0.6 is 0 Å². The number of fused-ring (bicyclic) bond motifs is 1. The third kappa shape index (κ3) is 1.16. The molecule has 4 nitrogen and oxygen atoms in total. The number of hydrogen-bond acceptors (Lipinski definition) is 4. The first kappa shape index (κ1) is 8.97. The summed E-state index contributed by atoms with van der Waals surface area (Å²) in [6.07, 6.45) is 1.97. The lowest BCUT2D eigenvalue weighted by Crippen LogP contribution is -2.62. The summed E-state index contributed by atoms with van der Waals surface area (Å²) in [5, 5.41) is 0. The van der Waals surface area contributed by atoms with Crippen LogP contribution in [0.25, 0.3) is 0 Å². The van der Waals surface area contributed by atoms with E-state index in [0.717, 1.165) is 6.42 Å². The molecular weight excluding hydrogens is 172 g/mol. The Morgan fingerprint density at radius 2 is 2.15 bits per heavy atom. The van der Waals surface area contributed by atoms with Crippen molar-refractivity contribution in [2.45, 2.75) is 31.2 Å². The molecule has 74 valence electrons. The summed E-state index contributed by atoms with van der Waals surface area (Å²) >= 11 is 0. The van der Waals surface area contributed by atoms with Crippen LogP contribution in [0.2, 0.25) is 0 Å². The molecule has 1 aliphatic heterocycles. The van der Waals surface area contributed by atoms with E-state index in [1.807, 2.05) is 0 Å². The second-order valence-electron chi connectivity index (χ2n) is 3.60. The van der Waals surface area contributed by atoms with Crippen LogP contribution in [0.4, 0.5) is 0 Å². The summed E-state index contributed by atoms with van der Waals surface area (Å²) in [5.41, 5.74) is 0. The van der Waals surface area contributed by atoms with Crippen molar-refractivity contribution in [3.05, 3.63) is 0 Å². The molecule has 1 heterocycles. The largest absolute Gasteiger partial charge is 0.462 e. The number of esters is 1. The molecule has 1 saturated carbocycles. The summed E-state index contributed by atoms with van der Waals surface area (Å²) < 4.78 is 15.8. The molecule has 0 amide bonds. The molecule has 1 aliphatic carbocycles. The molecule has 0 N–H and O–H groups in total. The van der Waals surface area contributed by atoms with Crippen LogP contribution in [-0.2, 0) is 19.0 Å². The Morgan fingerprint density at radius 3 is 2.69 bits per heavy atom. The van der Waals surface area contributed by atoms with Crippen LogP contribution in [0, 0.1) is 5.92 Å². The molecule has 0 unspecified atom stereocenters. The molecule has 2 aliphatic rings. The van der Waals surface area contributed by atoms with Crippen molar-refractivity contribution < 1.29 is 19.0 Å². The van der Waals surface area contributed by atoms with E-state index >= 15 is 0 Å². The second-order valence-corrected chi connectivity index (χ2v) is 3.60. The maximum atomic E-state index is 10.9. The fourth-order valence-electron chi connectivity index (χ4n) is 2.28. The number of ether oxygens (including phenoxy) is 3. The highest BCUT2D eigenvalue weighted by Gasteiger charge is 2.58. The van der Waals surface area contributed by atoms with Crippen LogP contribution in [0.15, 0.2) is 0 Å². The quantitative estimate of drug-likeness (QED) is 0.470. The van der Waals surface area contributed by atoms with Gasteiger partial charge in [-0.2, -0.15) is 0 Å². The van der Waals surface area contributed by atoms with Crippen LogP contribution in [0.5, 0.6) is 0 Å². The third-order valence-corrected chi connectivity index (χ3v) is 3.13. The van der Waals surface area contributed by atoms with Gasteiger partial charge in [0.05, 0.1) is 5.92 Å². The summed E-state index contributed by atoms with van der Waals surface area (Å²) in [6.45, 7) is 0. The van der Waals surface area contributed by atoms with Gasteiger partial charge in [0.2, 0.25) is 0 Å². The number of carbonyl (C=O) groups is 1. The molecule has 2 fully saturated rings. The molecule has 0 spiro atoms. The smallest absolute Gasteiger partial charge is 0.306 e. The van der Waals surface area contributed by atoms with Crippen molar-refractivity contribution in [1.82, 2.24) is 0 Å². The summed E-state index contributed by atoms with van der Waals surface area (Å²) in [5.74, 6) is -0.368. The Morgan fingerprint density at radius 1 is 1.46 bits per heavy atom. The molecule has 0 radical (unpaired) electrons. The lowest BCUT2D eigenvalue weighted by atomic mass is 9.71. The minimum Gasteiger partial charge on any atom is -0.462 e. The Bertz CT molecular complexity index is 222. The zero-order valence-corrected chi connectivity index (χ0v) is 7.91. The Hall–Kier alpha value is -0.610. The molecule has 4 heteroatoms. The highest BCUT2D eigenvalue weighted by atomic mass is 16.7. The van der Waals surface area contributed by atoms with Crippen molar-refractivity contribution >= 4 is 5.97 Å². The van der Waals surface area contributed by atoms with E-state index in [1.54, 1.807) is 14.2 Å². The van der Waals surface area contributed by atoms with E-state index in [9.17, 15) is 4.79 Å². The number of methoxy groups -OCH3 is 2. The van der Waals surface area contributed by atoms with Gasteiger partial charge in [-0.25, -0.2) is 0 Å². The summed E-state index contributed by atoms with van der Waals surface area (Å²) in [7, 11) is 3.27. The zero-order valence-electron chi connectivity index (χ0n) is 7.91. The first-order valence-corrected chi connectivity index (χ1v) is 4.51. The molecular formula is C9H14O4. The maximum Gasteiger partial charge on any atom is 0.306 e. The molecule has 0 aromatic heterocycles. The van der Waals surface area contributed by atoms with E-state index in [0.29, 0.717) is 12.8 Å². The lowest BCUT2D eigenvalue weighted by Gasteiger charge is -2.53. The average Bonchev–Trinajstić information content (AvgIpc) is 2.10. The zero-order chi connectivity index (χ0) is 9.47. The third-order valence-electron chi connectivity index (χ3n) is 3.13. The van der Waals surface area contributed by atoms with Crippen LogP contribution in [0.1, 0.15) is 19.3 Å². The highest BCUT2D eigenvalue weighted by Crippen LogP contribution is 2.48. The maximum absolute atomic E-state index is 10.9. The van der Waals surface area contributed by atoms with E-state index in [4.69, 9.17) is 14.2 Å². The average molecular weight is 186 g/mol. The van der Waals surface area contributed by atoms with E-state index < -0.39 is 5.79 Å². The van der Waals surface area contributed by atoms with Crippen LogP contribution < -0.4 is 0 Å². The van der Waals surface area contributed by atoms with Gasteiger partial charge in [-0.1, -0.05) is 0 Å². The monoisotopic (exact) mass is 186 g/mol.